The van der Waals surface area contributed by atoms with Gasteiger partial charge in [0.1, 0.15) is 17.3 Å². The quantitative estimate of drug-likeness (QED) is 0.310. The van der Waals surface area contributed by atoms with Gasteiger partial charge in [0.2, 0.25) is 0 Å². The minimum absolute atomic E-state index is 0.0284. The molecule has 12 heteroatoms. The van der Waals surface area contributed by atoms with Crippen molar-refractivity contribution in [3.63, 3.8) is 0 Å². The SMILES string of the molecule is Cc1ccc(N2CCc3cc(N(C)C)ccc3C2=O)c(O)c1-c1cc(Nc2ccc(CN3CCS(=O)(=O)CC3)cn2)c(=O)n(C)c1. The number of sulfone groups is 1. The van der Waals surface area contributed by atoms with E-state index in [1.807, 2.05) is 56.3 Å². The van der Waals surface area contributed by atoms with Gasteiger partial charge in [-0.2, -0.15) is 0 Å². The zero-order chi connectivity index (χ0) is 32.7. The molecule has 6 rings (SSSR count). The summed E-state index contributed by atoms with van der Waals surface area (Å²) in [5, 5.41) is 14.8. The third kappa shape index (κ3) is 6.22. The molecule has 0 aliphatic carbocycles. The summed E-state index contributed by atoms with van der Waals surface area (Å²) in [5.41, 5.74) is 5.94. The van der Waals surface area contributed by atoms with Crippen LogP contribution in [-0.4, -0.2) is 79.1 Å². The van der Waals surface area contributed by atoms with E-state index in [4.69, 9.17) is 0 Å². The number of amides is 1. The van der Waals surface area contributed by atoms with Crippen molar-refractivity contribution < 1.29 is 18.3 Å². The predicted octanol–water partition coefficient (Wildman–Crippen LogP) is 3.70. The van der Waals surface area contributed by atoms with Gasteiger partial charge in [-0.3, -0.25) is 14.5 Å². The number of benzene rings is 2. The largest absolute Gasteiger partial charge is 0.505 e. The van der Waals surface area contributed by atoms with Crippen molar-refractivity contribution in [2.45, 2.75) is 19.9 Å². The number of fused-ring (bicyclic) bond motifs is 1. The molecule has 2 aromatic heterocycles. The molecule has 11 nitrogen and oxygen atoms in total. The molecule has 0 spiro atoms. The number of nitrogens with zero attached hydrogens (tertiary/aromatic N) is 5. The van der Waals surface area contributed by atoms with Gasteiger partial charge in [0, 0.05) is 82.1 Å². The Balaban J connectivity index is 1.25. The number of phenols is 1. The molecule has 2 N–H and O–H groups in total. The normalized spacial score (nSPS) is 16.3. The Morgan fingerprint density at radius 3 is 2.46 bits per heavy atom. The molecule has 1 fully saturated rings. The van der Waals surface area contributed by atoms with Crippen LogP contribution in [0.15, 0.2) is 65.7 Å². The summed E-state index contributed by atoms with van der Waals surface area (Å²) in [5.74, 6) is 0.609. The molecule has 2 aromatic carbocycles. The van der Waals surface area contributed by atoms with Crippen LogP contribution in [0, 0.1) is 6.92 Å². The van der Waals surface area contributed by atoms with E-state index in [0.29, 0.717) is 60.8 Å². The van der Waals surface area contributed by atoms with Crippen LogP contribution >= 0.6 is 0 Å². The standard InChI is InChI=1S/C34H38N6O5S/c1-22-5-9-29(40-12-11-24-17-26(37(2)3)7-8-27(24)33(40)42)32(41)31(22)25-18-28(34(43)38(4)21-25)36-30-10-6-23(19-35-30)20-39-13-15-46(44,45)16-14-39/h5-10,17-19,21,41H,11-16,20H2,1-4H3,(H,35,36). The Bertz CT molecular complexity index is 1970. The second kappa shape index (κ2) is 12.3. The van der Waals surface area contributed by atoms with Gasteiger partial charge in [-0.1, -0.05) is 12.1 Å². The van der Waals surface area contributed by atoms with E-state index in [9.17, 15) is 23.1 Å². The van der Waals surface area contributed by atoms with Crippen molar-refractivity contribution in [2.75, 3.05) is 60.4 Å². The molecule has 4 aromatic rings. The molecular formula is C34H38N6O5S. The second-order valence-corrected chi connectivity index (χ2v) is 14.5. The fraction of sp³-hybridized carbons (Fsp3) is 0.324. The number of aromatic hydroxyl groups is 1. The molecule has 46 heavy (non-hydrogen) atoms. The highest BCUT2D eigenvalue weighted by molar-refractivity contribution is 7.91. The number of aryl methyl sites for hydroxylation is 2. The number of phenolic OH excluding ortho intramolecular Hbond substituents is 1. The van der Waals surface area contributed by atoms with Gasteiger partial charge in [-0.15, -0.1) is 0 Å². The van der Waals surface area contributed by atoms with E-state index in [1.54, 1.807) is 42.5 Å². The summed E-state index contributed by atoms with van der Waals surface area (Å²) < 4.78 is 24.9. The van der Waals surface area contributed by atoms with Crippen LogP contribution in [0.4, 0.5) is 22.9 Å². The first-order valence-corrected chi connectivity index (χ1v) is 17.0. The number of hydrogen-bond acceptors (Lipinski definition) is 9. The number of rotatable bonds is 7. The van der Waals surface area contributed by atoms with Crippen LogP contribution in [0.3, 0.4) is 0 Å². The number of hydrogen-bond donors (Lipinski definition) is 2. The van der Waals surface area contributed by atoms with E-state index < -0.39 is 9.84 Å². The highest BCUT2D eigenvalue weighted by Gasteiger charge is 2.29. The van der Waals surface area contributed by atoms with Crippen LogP contribution in [-0.2, 0) is 29.9 Å². The van der Waals surface area contributed by atoms with Crippen molar-refractivity contribution in [3.8, 4) is 16.9 Å². The average Bonchev–Trinajstić information content (AvgIpc) is 3.02. The lowest BCUT2D eigenvalue weighted by Gasteiger charge is -2.30. The predicted molar refractivity (Wildman–Crippen MR) is 181 cm³/mol. The Kier molecular flexibility index (Phi) is 8.34. The lowest BCUT2D eigenvalue weighted by molar-refractivity contribution is 0.0980. The van der Waals surface area contributed by atoms with E-state index in [2.05, 4.69) is 15.2 Å². The Morgan fingerprint density at radius 1 is 1.00 bits per heavy atom. The Labute approximate surface area is 268 Å². The van der Waals surface area contributed by atoms with Gasteiger partial charge >= 0.3 is 0 Å². The highest BCUT2D eigenvalue weighted by Crippen LogP contribution is 2.42. The van der Waals surface area contributed by atoms with Crippen molar-refractivity contribution in [1.82, 2.24) is 14.5 Å². The third-order valence-electron chi connectivity index (χ3n) is 8.74. The van der Waals surface area contributed by atoms with Crippen LogP contribution in [0.5, 0.6) is 5.75 Å². The summed E-state index contributed by atoms with van der Waals surface area (Å²) in [4.78, 5) is 37.0. The molecule has 0 saturated carbocycles. The highest BCUT2D eigenvalue weighted by atomic mass is 32.2. The van der Waals surface area contributed by atoms with Crippen molar-refractivity contribution in [3.05, 3.63) is 93.5 Å². The van der Waals surface area contributed by atoms with Crippen LogP contribution < -0.4 is 20.7 Å². The van der Waals surface area contributed by atoms with Crippen LogP contribution in [0.1, 0.15) is 27.0 Å². The number of nitrogens with one attached hydrogen (secondary N) is 1. The topological polar surface area (TPSA) is 128 Å². The maximum atomic E-state index is 13.6. The van der Waals surface area contributed by atoms with Crippen molar-refractivity contribution >= 4 is 38.6 Å². The minimum atomic E-state index is -2.94. The number of aromatic nitrogens is 2. The van der Waals surface area contributed by atoms with Crippen molar-refractivity contribution in [2.24, 2.45) is 7.05 Å². The molecule has 0 bridgehead atoms. The first-order chi connectivity index (χ1) is 21.9. The molecule has 0 atom stereocenters. The summed E-state index contributed by atoms with van der Waals surface area (Å²) >= 11 is 0. The van der Waals surface area contributed by atoms with Gasteiger partial charge in [-0.25, -0.2) is 13.4 Å². The molecule has 2 aliphatic rings. The van der Waals surface area contributed by atoms with E-state index in [0.717, 1.165) is 22.4 Å². The third-order valence-corrected chi connectivity index (χ3v) is 10.4. The molecule has 0 radical (unpaired) electrons. The van der Waals surface area contributed by atoms with Gasteiger partial charge in [0.05, 0.1) is 17.2 Å². The maximum absolute atomic E-state index is 13.6. The molecule has 1 saturated heterocycles. The minimum Gasteiger partial charge on any atom is -0.505 e. The molecule has 2 aliphatic heterocycles. The Hall–Kier alpha value is -4.68. The number of anilines is 4. The van der Waals surface area contributed by atoms with E-state index >= 15 is 0 Å². The fourth-order valence-electron chi connectivity index (χ4n) is 6.08. The van der Waals surface area contributed by atoms with E-state index in [-0.39, 0.29) is 34.4 Å². The first kappa shape index (κ1) is 31.3. The fourth-order valence-corrected chi connectivity index (χ4v) is 7.36. The summed E-state index contributed by atoms with van der Waals surface area (Å²) in [6, 6.07) is 14.8. The zero-order valence-corrected chi connectivity index (χ0v) is 27.3. The van der Waals surface area contributed by atoms with Gasteiger partial charge in [-0.05, 0) is 66.4 Å². The molecular weight excluding hydrogens is 604 g/mol. The molecule has 1 amide bonds. The lowest BCUT2D eigenvalue weighted by Crippen LogP contribution is -2.39. The van der Waals surface area contributed by atoms with E-state index in [1.165, 1.54) is 4.57 Å². The summed E-state index contributed by atoms with van der Waals surface area (Å²) in [6.45, 7) is 3.89. The molecule has 0 unspecified atom stereocenters. The maximum Gasteiger partial charge on any atom is 0.274 e. The smallest absolute Gasteiger partial charge is 0.274 e. The van der Waals surface area contributed by atoms with Crippen LogP contribution in [0.25, 0.3) is 11.1 Å². The first-order valence-electron chi connectivity index (χ1n) is 15.2. The van der Waals surface area contributed by atoms with Gasteiger partial charge in [0.25, 0.3) is 11.5 Å². The Morgan fingerprint density at radius 2 is 1.76 bits per heavy atom. The lowest BCUT2D eigenvalue weighted by atomic mass is 9.95. The van der Waals surface area contributed by atoms with Crippen molar-refractivity contribution in [1.29, 1.82) is 0 Å². The number of carbonyl (C=O) groups is 1. The monoisotopic (exact) mass is 642 g/mol. The van der Waals surface area contributed by atoms with Gasteiger partial charge in [0.15, 0.2) is 9.84 Å². The second-order valence-electron chi connectivity index (χ2n) is 12.2. The molecule has 240 valence electrons. The average molecular weight is 643 g/mol. The summed E-state index contributed by atoms with van der Waals surface area (Å²) in [6.07, 6.45) is 4.05. The van der Waals surface area contributed by atoms with Crippen LogP contribution in [0.2, 0.25) is 0 Å². The number of carbonyl (C=O) groups excluding carboxylic acids is 1. The summed E-state index contributed by atoms with van der Waals surface area (Å²) in [7, 11) is 2.63. The van der Waals surface area contributed by atoms with Gasteiger partial charge < -0.3 is 24.8 Å². The molecule has 4 heterocycles. The number of pyridine rings is 2. The zero-order valence-electron chi connectivity index (χ0n) is 26.4.